The molecule has 1 aliphatic rings. The third-order valence-electron chi connectivity index (χ3n) is 5.47. The summed E-state index contributed by atoms with van der Waals surface area (Å²) >= 11 is 0. The molecule has 0 spiro atoms. The van der Waals surface area contributed by atoms with Gasteiger partial charge in [-0.25, -0.2) is 0 Å². The van der Waals surface area contributed by atoms with Crippen LogP contribution in [0.4, 0.5) is 11.4 Å². The highest BCUT2D eigenvalue weighted by atomic mass is 16.5. The minimum Gasteiger partial charge on any atom is -0.484 e. The average molecular weight is 427 g/mol. The van der Waals surface area contributed by atoms with Crippen molar-refractivity contribution < 1.29 is 9.53 Å². The average Bonchev–Trinajstić information content (AvgIpc) is 2.84. The van der Waals surface area contributed by atoms with Crippen molar-refractivity contribution in [2.75, 3.05) is 43.0 Å². The number of amides is 1. The fourth-order valence-electron chi connectivity index (χ4n) is 3.76. The Balaban J connectivity index is 1.23. The van der Waals surface area contributed by atoms with E-state index in [-0.39, 0.29) is 12.5 Å². The van der Waals surface area contributed by atoms with Gasteiger partial charge in [0, 0.05) is 44.1 Å². The highest BCUT2D eigenvalue weighted by molar-refractivity contribution is 5.92. The molecule has 0 saturated carbocycles. The molecule has 1 N–H and O–H groups in total. The summed E-state index contributed by atoms with van der Waals surface area (Å²) in [6.45, 7) is 4.89. The minimum atomic E-state index is -0.241. The molecule has 1 amide bonds. The second kappa shape index (κ2) is 10.5. The molecule has 32 heavy (non-hydrogen) atoms. The number of hydrogen-bond donors (Lipinski definition) is 1. The van der Waals surface area contributed by atoms with E-state index in [0.29, 0.717) is 11.3 Å². The van der Waals surface area contributed by atoms with Crippen molar-refractivity contribution in [1.29, 1.82) is 5.26 Å². The van der Waals surface area contributed by atoms with Crippen LogP contribution < -0.4 is 15.0 Å². The Kier molecular flexibility index (Phi) is 7.01. The Hall–Kier alpha value is -3.82. The van der Waals surface area contributed by atoms with Gasteiger partial charge in [0.05, 0.1) is 11.6 Å². The Morgan fingerprint density at radius 2 is 1.69 bits per heavy atom. The normalized spacial score (nSPS) is 13.9. The monoisotopic (exact) mass is 426 g/mol. The third kappa shape index (κ3) is 5.87. The van der Waals surface area contributed by atoms with Crippen LogP contribution >= 0.6 is 0 Å². The number of nitrogens with zero attached hydrogens (tertiary/aromatic N) is 3. The number of nitrogens with one attached hydrogen (secondary N) is 1. The zero-order chi connectivity index (χ0) is 22.2. The second-order valence-electron chi connectivity index (χ2n) is 7.77. The first-order valence-electron chi connectivity index (χ1n) is 10.7. The van der Waals surface area contributed by atoms with Crippen LogP contribution in [0.2, 0.25) is 0 Å². The van der Waals surface area contributed by atoms with Crippen molar-refractivity contribution in [1.82, 2.24) is 4.90 Å². The van der Waals surface area contributed by atoms with Gasteiger partial charge >= 0.3 is 0 Å². The molecule has 6 nitrogen and oxygen atoms in total. The zero-order valence-electron chi connectivity index (χ0n) is 17.9. The fraction of sp³-hybridized carbons (Fsp3) is 0.231. The largest absolute Gasteiger partial charge is 0.484 e. The summed E-state index contributed by atoms with van der Waals surface area (Å²) in [7, 11) is 0. The van der Waals surface area contributed by atoms with Gasteiger partial charge < -0.3 is 15.0 Å². The molecule has 1 aliphatic heterocycles. The Morgan fingerprint density at radius 1 is 0.938 bits per heavy atom. The first-order valence-corrected chi connectivity index (χ1v) is 10.7. The minimum absolute atomic E-state index is 0.111. The molecule has 0 radical (unpaired) electrons. The van der Waals surface area contributed by atoms with Gasteiger partial charge in [0.15, 0.2) is 6.61 Å². The van der Waals surface area contributed by atoms with Crippen LogP contribution in [0.5, 0.6) is 5.75 Å². The molecule has 1 heterocycles. The Bertz CT molecular complexity index is 1070. The summed E-state index contributed by atoms with van der Waals surface area (Å²) in [6, 6.07) is 27.3. The van der Waals surface area contributed by atoms with Crippen LogP contribution in [0, 0.1) is 11.3 Å². The first-order chi connectivity index (χ1) is 15.7. The van der Waals surface area contributed by atoms with Gasteiger partial charge in [-0.3, -0.25) is 9.69 Å². The summed E-state index contributed by atoms with van der Waals surface area (Å²) < 4.78 is 5.48. The topological polar surface area (TPSA) is 68.6 Å². The Labute approximate surface area is 188 Å². The second-order valence-corrected chi connectivity index (χ2v) is 7.77. The standard InChI is InChI=1S/C26H26N4O2/c27-18-22-7-4-8-25(17-22)32-20-26(31)28-23-9-11-24(12-10-23)30-15-13-29(14-16-30)19-21-5-2-1-3-6-21/h1-12,17H,13-16,19-20H2,(H,28,31). The molecule has 1 fully saturated rings. The summed E-state index contributed by atoms with van der Waals surface area (Å²) in [6.07, 6.45) is 0. The van der Waals surface area contributed by atoms with E-state index in [0.717, 1.165) is 44.1 Å². The highest BCUT2D eigenvalue weighted by Crippen LogP contribution is 2.20. The lowest BCUT2D eigenvalue weighted by Crippen LogP contribution is -2.45. The molecular weight excluding hydrogens is 400 g/mol. The fourth-order valence-corrected chi connectivity index (χ4v) is 3.76. The predicted molar refractivity (Wildman–Crippen MR) is 126 cm³/mol. The number of ether oxygens (including phenoxy) is 1. The van der Waals surface area contributed by atoms with E-state index in [9.17, 15) is 4.79 Å². The van der Waals surface area contributed by atoms with Crippen molar-refractivity contribution in [3.8, 4) is 11.8 Å². The number of carbonyl (C=O) groups is 1. The summed E-state index contributed by atoms with van der Waals surface area (Å²) in [5, 5.41) is 11.8. The quantitative estimate of drug-likeness (QED) is 0.621. The molecule has 3 aromatic rings. The molecule has 0 aliphatic carbocycles. The van der Waals surface area contributed by atoms with Crippen LogP contribution in [-0.2, 0) is 11.3 Å². The molecule has 0 aromatic heterocycles. The van der Waals surface area contributed by atoms with Crippen LogP contribution in [0.3, 0.4) is 0 Å². The molecule has 3 aromatic carbocycles. The van der Waals surface area contributed by atoms with E-state index < -0.39 is 0 Å². The molecule has 162 valence electrons. The first kappa shape index (κ1) is 21.4. The molecule has 0 unspecified atom stereocenters. The molecule has 6 heteroatoms. The van der Waals surface area contributed by atoms with Crippen molar-refractivity contribution in [3.63, 3.8) is 0 Å². The SMILES string of the molecule is N#Cc1cccc(OCC(=O)Nc2ccc(N3CCN(Cc4ccccc4)CC3)cc2)c1. The van der Waals surface area contributed by atoms with Gasteiger partial charge in [-0.1, -0.05) is 36.4 Å². The van der Waals surface area contributed by atoms with E-state index in [4.69, 9.17) is 10.00 Å². The van der Waals surface area contributed by atoms with E-state index in [1.807, 2.05) is 24.3 Å². The number of hydrogen-bond acceptors (Lipinski definition) is 5. The van der Waals surface area contributed by atoms with Crippen LogP contribution in [-0.4, -0.2) is 43.6 Å². The van der Waals surface area contributed by atoms with E-state index in [1.165, 1.54) is 5.56 Å². The number of anilines is 2. The van der Waals surface area contributed by atoms with E-state index in [2.05, 4.69) is 51.5 Å². The summed E-state index contributed by atoms with van der Waals surface area (Å²) in [5.41, 5.74) is 3.74. The van der Waals surface area contributed by atoms with E-state index in [1.54, 1.807) is 24.3 Å². The molecule has 1 saturated heterocycles. The van der Waals surface area contributed by atoms with Crippen molar-refractivity contribution in [3.05, 3.63) is 90.0 Å². The van der Waals surface area contributed by atoms with Crippen molar-refractivity contribution in [2.45, 2.75) is 6.54 Å². The lowest BCUT2D eigenvalue weighted by atomic mass is 10.2. The zero-order valence-corrected chi connectivity index (χ0v) is 17.9. The maximum absolute atomic E-state index is 12.2. The van der Waals surface area contributed by atoms with Crippen LogP contribution in [0.15, 0.2) is 78.9 Å². The lowest BCUT2D eigenvalue weighted by molar-refractivity contribution is -0.118. The van der Waals surface area contributed by atoms with Gasteiger partial charge in [0.1, 0.15) is 5.75 Å². The predicted octanol–water partition coefficient (Wildman–Crippen LogP) is 3.90. The highest BCUT2D eigenvalue weighted by Gasteiger charge is 2.17. The lowest BCUT2D eigenvalue weighted by Gasteiger charge is -2.36. The van der Waals surface area contributed by atoms with Gasteiger partial charge in [0.25, 0.3) is 5.91 Å². The van der Waals surface area contributed by atoms with Gasteiger partial charge in [-0.05, 0) is 48.0 Å². The number of piperazine rings is 1. The van der Waals surface area contributed by atoms with Gasteiger partial charge in [-0.15, -0.1) is 0 Å². The van der Waals surface area contributed by atoms with Crippen molar-refractivity contribution in [2.24, 2.45) is 0 Å². The molecular formula is C26H26N4O2. The maximum Gasteiger partial charge on any atom is 0.262 e. The van der Waals surface area contributed by atoms with Gasteiger partial charge in [0.2, 0.25) is 0 Å². The van der Waals surface area contributed by atoms with Crippen LogP contribution in [0.1, 0.15) is 11.1 Å². The van der Waals surface area contributed by atoms with Crippen molar-refractivity contribution >= 4 is 17.3 Å². The molecule has 0 bridgehead atoms. The number of rotatable bonds is 7. The van der Waals surface area contributed by atoms with Crippen LogP contribution in [0.25, 0.3) is 0 Å². The van der Waals surface area contributed by atoms with E-state index >= 15 is 0 Å². The number of nitriles is 1. The summed E-state index contributed by atoms with van der Waals surface area (Å²) in [4.78, 5) is 17.0. The number of benzene rings is 3. The summed E-state index contributed by atoms with van der Waals surface area (Å²) in [5.74, 6) is 0.260. The molecule has 0 atom stereocenters. The third-order valence-corrected chi connectivity index (χ3v) is 5.47. The number of carbonyl (C=O) groups excluding carboxylic acids is 1. The smallest absolute Gasteiger partial charge is 0.262 e. The molecule has 4 rings (SSSR count). The van der Waals surface area contributed by atoms with Gasteiger partial charge in [-0.2, -0.15) is 5.26 Å². The maximum atomic E-state index is 12.2. The Morgan fingerprint density at radius 3 is 2.41 bits per heavy atom.